The molecule has 0 saturated heterocycles. The number of nitrogens with one attached hydrogen (secondary N) is 1. The van der Waals surface area contributed by atoms with Crippen LogP contribution in [0.4, 0.5) is 0 Å². The average Bonchev–Trinajstić information content (AvgIpc) is 2.94. The molecule has 4 nitrogen and oxygen atoms in total. The zero-order valence-electron chi connectivity index (χ0n) is 19.1. The first-order valence-corrected chi connectivity index (χ1v) is 11.4. The van der Waals surface area contributed by atoms with Gasteiger partial charge in [-0.3, -0.25) is 5.41 Å². The standard InChI is InChI=1S/C31H24N4/c32-30(24-15-8-3-9-16-24)35-31(33)26-18-10-17-25(19-26)29-21-27(22-11-4-1-5-12-22)20-28(34-29)23-13-6-2-7-14-23/h1-21H,(H3,32,33,35). The summed E-state index contributed by atoms with van der Waals surface area (Å²) in [5.41, 5.74) is 13.5. The van der Waals surface area contributed by atoms with Crippen LogP contribution in [0.15, 0.2) is 132 Å². The minimum absolute atomic E-state index is 0.107. The summed E-state index contributed by atoms with van der Waals surface area (Å²) < 4.78 is 0. The normalized spacial score (nSPS) is 11.3. The van der Waals surface area contributed by atoms with Crippen molar-refractivity contribution < 1.29 is 0 Å². The fourth-order valence-corrected chi connectivity index (χ4v) is 3.92. The van der Waals surface area contributed by atoms with Gasteiger partial charge in [0.25, 0.3) is 0 Å². The van der Waals surface area contributed by atoms with Crippen LogP contribution in [0.1, 0.15) is 11.1 Å². The van der Waals surface area contributed by atoms with E-state index in [1.807, 2.05) is 91.0 Å². The number of aliphatic imine (C=N–C) groups is 1. The summed E-state index contributed by atoms with van der Waals surface area (Å²) in [5.74, 6) is 0.423. The minimum Gasteiger partial charge on any atom is -0.383 e. The molecule has 3 N–H and O–H groups in total. The highest BCUT2D eigenvalue weighted by Crippen LogP contribution is 2.30. The van der Waals surface area contributed by atoms with Gasteiger partial charge in [-0.2, -0.15) is 0 Å². The number of aromatic nitrogens is 1. The Morgan fingerprint density at radius 3 is 1.71 bits per heavy atom. The number of nitrogens with two attached hydrogens (primary N) is 1. The molecular weight excluding hydrogens is 428 g/mol. The van der Waals surface area contributed by atoms with E-state index in [1.54, 1.807) is 0 Å². The van der Waals surface area contributed by atoms with Crippen LogP contribution in [0, 0.1) is 5.41 Å². The van der Waals surface area contributed by atoms with E-state index in [9.17, 15) is 0 Å². The van der Waals surface area contributed by atoms with Crippen LogP contribution < -0.4 is 5.73 Å². The van der Waals surface area contributed by atoms with Gasteiger partial charge in [0.2, 0.25) is 0 Å². The van der Waals surface area contributed by atoms with Gasteiger partial charge in [-0.1, -0.05) is 109 Å². The third kappa shape index (κ3) is 5.07. The van der Waals surface area contributed by atoms with E-state index in [1.165, 1.54) is 0 Å². The highest BCUT2D eigenvalue weighted by molar-refractivity contribution is 6.10. The van der Waals surface area contributed by atoms with Crippen LogP contribution in [-0.2, 0) is 0 Å². The minimum atomic E-state index is 0.107. The summed E-state index contributed by atoms with van der Waals surface area (Å²) in [6.07, 6.45) is 0. The van der Waals surface area contributed by atoms with Crippen molar-refractivity contribution in [2.45, 2.75) is 0 Å². The van der Waals surface area contributed by atoms with Crippen LogP contribution in [-0.4, -0.2) is 16.7 Å². The van der Waals surface area contributed by atoms with Gasteiger partial charge in [-0.25, -0.2) is 9.98 Å². The molecule has 0 fully saturated rings. The molecule has 0 aliphatic rings. The van der Waals surface area contributed by atoms with E-state index in [0.29, 0.717) is 11.4 Å². The van der Waals surface area contributed by atoms with E-state index in [0.717, 1.165) is 39.2 Å². The summed E-state index contributed by atoms with van der Waals surface area (Å²) in [7, 11) is 0. The number of pyridine rings is 1. The van der Waals surface area contributed by atoms with E-state index in [-0.39, 0.29) is 5.84 Å². The maximum atomic E-state index is 8.53. The summed E-state index contributed by atoms with van der Waals surface area (Å²) >= 11 is 0. The van der Waals surface area contributed by atoms with Gasteiger partial charge in [-0.15, -0.1) is 0 Å². The lowest BCUT2D eigenvalue weighted by atomic mass is 9.99. The van der Waals surface area contributed by atoms with Crippen LogP contribution in [0.25, 0.3) is 33.6 Å². The molecule has 1 aromatic heterocycles. The lowest BCUT2D eigenvalue weighted by molar-refractivity contribution is 1.32. The monoisotopic (exact) mass is 452 g/mol. The average molecular weight is 453 g/mol. The predicted molar refractivity (Wildman–Crippen MR) is 145 cm³/mol. The van der Waals surface area contributed by atoms with Gasteiger partial charge < -0.3 is 5.73 Å². The molecule has 35 heavy (non-hydrogen) atoms. The number of rotatable bonds is 5. The lowest BCUT2D eigenvalue weighted by Gasteiger charge is -2.11. The maximum Gasteiger partial charge on any atom is 0.154 e. The van der Waals surface area contributed by atoms with Gasteiger partial charge in [0.15, 0.2) is 5.84 Å². The molecule has 1 heterocycles. The fraction of sp³-hybridized carbons (Fsp3) is 0. The van der Waals surface area contributed by atoms with Crippen LogP contribution in [0.5, 0.6) is 0 Å². The van der Waals surface area contributed by atoms with Gasteiger partial charge in [0.05, 0.1) is 11.4 Å². The topological polar surface area (TPSA) is 75.1 Å². The maximum absolute atomic E-state index is 8.53. The van der Waals surface area contributed by atoms with Crippen LogP contribution in [0.3, 0.4) is 0 Å². The number of hydrogen-bond acceptors (Lipinski definition) is 2. The van der Waals surface area contributed by atoms with Gasteiger partial charge in [0.1, 0.15) is 5.84 Å². The number of nitrogens with zero attached hydrogens (tertiary/aromatic N) is 2. The Kier molecular flexibility index (Phi) is 6.27. The highest BCUT2D eigenvalue weighted by Gasteiger charge is 2.11. The van der Waals surface area contributed by atoms with Crippen molar-refractivity contribution in [3.8, 4) is 33.6 Å². The predicted octanol–water partition coefficient (Wildman–Crippen LogP) is 6.81. The second kappa shape index (κ2) is 9.98. The van der Waals surface area contributed by atoms with Gasteiger partial charge in [-0.05, 0) is 29.3 Å². The SMILES string of the molecule is N=C(/N=C(\N)c1ccccc1)c1cccc(-c2cc(-c3ccccc3)cc(-c3ccccc3)n2)c1. The zero-order chi connectivity index (χ0) is 24.0. The molecule has 0 atom stereocenters. The first-order valence-electron chi connectivity index (χ1n) is 11.4. The smallest absolute Gasteiger partial charge is 0.154 e. The molecule has 4 heteroatoms. The first kappa shape index (κ1) is 22.0. The number of benzene rings is 4. The first-order chi connectivity index (χ1) is 17.2. The second-order valence-electron chi connectivity index (χ2n) is 8.15. The molecule has 0 bridgehead atoms. The lowest BCUT2D eigenvalue weighted by Crippen LogP contribution is -2.15. The Morgan fingerprint density at radius 1 is 0.543 bits per heavy atom. The van der Waals surface area contributed by atoms with Crippen molar-refractivity contribution in [2.75, 3.05) is 0 Å². The van der Waals surface area contributed by atoms with Crippen molar-refractivity contribution in [1.82, 2.24) is 4.98 Å². The van der Waals surface area contributed by atoms with Crippen molar-refractivity contribution >= 4 is 11.7 Å². The third-order valence-electron chi connectivity index (χ3n) is 5.74. The van der Waals surface area contributed by atoms with E-state index in [4.69, 9.17) is 16.1 Å². The van der Waals surface area contributed by atoms with Crippen molar-refractivity contribution in [1.29, 1.82) is 5.41 Å². The van der Waals surface area contributed by atoms with E-state index in [2.05, 4.69) is 41.4 Å². The molecule has 0 unspecified atom stereocenters. The molecule has 0 radical (unpaired) electrons. The van der Waals surface area contributed by atoms with Gasteiger partial charge in [0, 0.05) is 22.3 Å². The summed E-state index contributed by atoms with van der Waals surface area (Å²) in [5, 5.41) is 8.53. The molecule has 0 aliphatic heterocycles. The van der Waals surface area contributed by atoms with Crippen LogP contribution in [0.2, 0.25) is 0 Å². The Hall–Kier alpha value is -4.83. The number of amidine groups is 2. The quantitative estimate of drug-likeness (QED) is 0.227. The molecular formula is C31H24N4. The molecule has 0 amide bonds. The molecule has 0 spiro atoms. The van der Waals surface area contributed by atoms with Crippen molar-refractivity contribution in [3.05, 3.63) is 139 Å². The Labute approximate surface area is 205 Å². The second-order valence-corrected chi connectivity index (χ2v) is 8.15. The number of hydrogen-bond donors (Lipinski definition) is 2. The molecule has 4 aromatic carbocycles. The highest BCUT2D eigenvalue weighted by atomic mass is 14.9. The molecule has 5 rings (SSSR count). The molecule has 0 saturated carbocycles. The zero-order valence-corrected chi connectivity index (χ0v) is 19.1. The van der Waals surface area contributed by atoms with Gasteiger partial charge >= 0.3 is 0 Å². The largest absolute Gasteiger partial charge is 0.383 e. The summed E-state index contributed by atoms with van der Waals surface area (Å²) in [6.45, 7) is 0. The summed E-state index contributed by atoms with van der Waals surface area (Å²) in [4.78, 5) is 9.32. The molecule has 0 aliphatic carbocycles. The van der Waals surface area contributed by atoms with Crippen molar-refractivity contribution in [2.24, 2.45) is 10.7 Å². The Morgan fingerprint density at radius 2 is 1.06 bits per heavy atom. The van der Waals surface area contributed by atoms with Crippen molar-refractivity contribution in [3.63, 3.8) is 0 Å². The molecule has 5 aromatic rings. The summed E-state index contributed by atoms with van der Waals surface area (Å²) in [6, 6.07) is 41.9. The van der Waals surface area contributed by atoms with Crippen LogP contribution >= 0.6 is 0 Å². The van der Waals surface area contributed by atoms with E-state index >= 15 is 0 Å². The molecule has 168 valence electrons. The Balaban J connectivity index is 1.56. The van der Waals surface area contributed by atoms with E-state index < -0.39 is 0 Å². The fourth-order valence-electron chi connectivity index (χ4n) is 3.92. The Bertz CT molecular complexity index is 1430. The third-order valence-corrected chi connectivity index (χ3v) is 5.74.